The Hall–Kier alpha value is -5.12. The molecule has 1 N–H and O–H groups in total. The van der Waals surface area contributed by atoms with E-state index in [1.165, 1.54) is 31.4 Å². The molecule has 0 atom stereocenters. The van der Waals surface area contributed by atoms with Gasteiger partial charge in [-0.05, 0) is 61.0 Å². The van der Waals surface area contributed by atoms with Crippen molar-refractivity contribution in [2.75, 3.05) is 12.4 Å². The molecule has 1 heterocycles. The minimum absolute atomic E-state index is 0.00713. The summed E-state index contributed by atoms with van der Waals surface area (Å²) in [4.78, 5) is 35.1. The number of non-ortho nitro benzene ring substituents is 1. The number of benzene rings is 3. The second-order valence-corrected chi connectivity index (χ2v) is 7.92. The highest BCUT2D eigenvalue weighted by Crippen LogP contribution is 2.30. The highest BCUT2D eigenvalue weighted by Gasteiger charge is 2.16. The van der Waals surface area contributed by atoms with E-state index in [1.54, 1.807) is 48.5 Å². The fourth-order valence-corrected chi connectivity index (χ4v) is 3.36. The van der Waals surface area contributed by atoms with Crippen molar-refractivity contribution in [1.29, 1.82) is 0 Å². The summed E-state index contributed by atoms with van der Waals surface area (Å²) in [6.45, 7) is 1.94. The lowest BCUT2D eigenvalue weighted by Gasteiger charge is -2.09. The van der Waals surface area contributed by atoms with E-state index in [2.05, 4.69) is 10.1 Å². The van der Waals surface area contributed by atoms with Gasteiger partial charge in [0, 0.05) is 12.1 Å². The van der Waals surface area contributed by atoms with E-state index in [1.807, 2.05) is 13.0 Å². The zero-order valence-corrected chi connectivity index (χ0v) is 19.9. The zero-order chi connectivity index (χ0) is 26.4. The topological polar surface area (TPSA) is 130 Å². The minimum atomic E-state index is -0.601. The van der Waals surface area contributed by atoms with Crippen molar-refractivity contribution in [1.82, 2.24) is 0 Å². The minimum Gasteiger partial charge on any atom is -0.486 e. The first-order valence-corrected chi connectivity index (χ1v) is 11.1. The van der Waals surface area contributed by atoms with Crippen molar-refractivity contribution in [3.05, 3.63) is 112 Å². The molecule has 1 amide bonds. The van der Waals surface area contributed by atoms with Gasteiger partial charge in [-0.25, -0.2) is 4.79 Å². The second-order valence-electron chi connectivity index (χ2n) is 7.92. The summed E-state index contributed by atoms with van der Waals surface area (Å²) in [5, 5.41) is 14.0. The van der Waals surface area contributed by atoms with Crippen molar-refractivity contribution in [3.8, 4) is 17.2 Å². The van der Waals surface area contributed by atoms with Crippen molar-refractivity contribution >= 4 is 23.3 Å². The van der Waals surface area contributed by atoms with Gasteiger partial charge in [-0.15, -0.1) is 0 Å². The molecule has 4 aromatic rings. The molecule has 0 bridgehead atoms. The number of nitrogens with one attached hydrogen (secondary N) is 1. The standard InChI is InChI=1S/C27H22N2O8/c1-17-4-3-5-22(12-17)36-24-14-19(13-20(15-24)29(32)33)28-26(30)25-11-10-23(37-25)16-35-21-8-6-18(7-9-21)27(31)34-2/h3-15H,16H2,1-2H3,(H,28,30). The van der Waals surface area contributed by atoms with Crippen LogP contribution in [-0.2, 0) is 11.3 Å². The third kappa shape index (κ3) is 6.51. The number of esters is 1. The average Bonchev–Trinajstić information content (AvgIpc) is 3.36. The van der Waals surface area contributed by atoms with Gasteiger partial charge in [0.1, 0.15) is 29.6 Å². The lowest BCUT2D eigenvalue weighted by molar-refractivity contribution is -0.384. The van der Waals surface area contributed by atoms with Gasteiger partial charge in [-0.2, -0.15) is 0 Å². The molecule has 0 fully saturated rings. The van der Waals surface area contributed by atoms with Gasteiger partial charge in [-0.1, -0.05) is 12.1 Å². The Morgan fingerprint density at radius 3 is 2.43 bits per heavy atom. The largest absolute Gasteiger partial charge is 0.486 e. The molecule has 0 aliphatic carbocycles. The van der Waals surface area contributed by atoms with Gasteiger partial charge >= 0.3 is 5.97 Å². The summed E-state index contributed by atoms with van der Waals surface area (Å²) < 4.78 is 21.6. The van der Waals surface area contributed by atoms with Gasteiger partial charge in [0.25, 0.3) is 11.6 Å². The van der Waals surface area contributed by atoms with Crippen molar-refractivity contribution < 1.29 is 33.1 Å². The number of carbonyl (C=O) groups excluding carboxylic acids is 2. The third-order valence-corrected chi connectivity index (χ3v) is 5.13. The number of amides is 1. The molecule has 1 aromatic heterocycles. The number of hydrogen-bond donors (Lipinski definition) is 1. The fourth-order valence-electron chi connectivity index (χ4n) is 3.36. The molecule has 10 nitrogen and oxygen atoms in total. The van der Waals surface area contributed by atoms with Crippen molar-refractivity contribution in [2.24, 2.45) is 0 Å². The first-order valence-electron chi connectivity index (χ1n) is 11.1. The fraction of sp³-hybridized carbons (Fsp3) is 0.111. The Kier molecular flexibility index (Phi) is 7.48. The van der Waals surface area contributed by atoms with Gasteiger partial charge < -0.3 is 23.9 Å². The summed E-state index contributed by atoms with van der Waals surface area (Å²) in [5.41, 5.74) is 1.28. The summed E-state index contributed by atoms with van der Waals surface area (Å²) in [6, 6.07) is 20.6. The molecule has 0 spiro atoms. The number of hydrogen-bond acceptors (Lipinski definition) is 8. The van der Waals surface area contributed by atoms with Crippen LogP contribution < -0.4 is 14.8 Å². The summed E-state index contributed by atoms with van der Waals surface area (Å²) in [5.74, 6) is 0.515. The molecule has 0 aliphatic heterocycles. The maximum atomic E-state index is 12.7. The quantitative estimate of drug-likeness (QED) is 0.170. The molecule has 3 aromatic carbocycles. The molecular formula is C27H22N2O8. The SMILES string of the molecule is COC(=O)c1ccc(OCc2ccc(C(=O)Nc3cc(Oc4cccc(C)c4)cc([N+](=O)[O-])c3)o2)cc1. The summed E-state index contributed by atoms with van der Waals surface area (Å²) >= 11 is 0. The van der Waals surface area contributed by atoms with E-state index in [0.717, 1.165) is 5.56 Å². The number of rotatable bonds is 9. The molecule has 0 saturated carbocycles. The molecule has 188 valence electrons. The first kappa shape index (κ1) is 25.0. The average molecular weight is 502 g/mol. The van der Waals surface area contributed by atoms with Crippen LogP contribution in [0.15, 0.2) is 83.3 Å². The molecule has 0 radical (unpaired) electrons. The highest BCUT2D eigenvalue weighted by atomic mass is 16.6. The predicted octanol–water partition coefficient (Wildman–Crippen LogP) is 5.91. The van der Waals surface area contributed by atoms with E-state index in [0.29, 0.717) is 22.8 Å². The number of methoxy groups -OCH3 is 1. The lowest BCUT2D eigenvalue weighted by Crippen LogP contribution is -2.11. The predicted molar refractivity (Wildman–Crippen MR) is 133 cm³/mol. The monoisotopic (exact) mass is 502 g/mol. The van der Waals surface area contributed by atoms with Crippen LogP contribution in [0, 0.1) is 17.0 Å². The van der Waals surface area contributed by atoms with E-state index in [-0.39, 0.29) is 29.5 Å². The van der Waals surface area contributed by atoms with Crippen LogP contribution in [0.4, 0.5) is 11.4 Å². The number of nitro groups is 1. The third-order valence-electron chi connectivity index (χ3n) is 5.13. The van der Waals surface area contributed by atoms with E-state index < -0.39 is 16.8 Å². The van der Waals surface area contributed by atoms with Crippen LogP contribution in [0.2, 0.25) is 0 Å². The van der Waals surface area contributed by atoms with Crippen LogP contribution in [-0.4, -0.2) is 23.9 Å². The Labute approximate surface area is 211 Å². The van der Waals surface area contributed by atoms with E-state index in [4.69, 9.17) is 13.9 Å². The van der Waals surface area contributed by atoms with Gasteiger partial charge in [-0.3, -0.25) is 14.9 Å². The molecule has 0 saturated heterocycles. The molecule has 0 aliphatic rings. The van der Waals surface area contributed by atoms with Crippen molar-refractivity contribution in [2.45, 2.75) is 13.5 Å². The smallest absolute Gasteiger partial charge is 0.337 e. The van der Waals surface area contributed by atoms with Gasteiger partial charge in [0.2, 0.25) is 0 Å². The Morgan fingerprint density at radius 1 is 0.946 bits per heavy atom. The summed E-state index contributed by atoms with van der Waals surface area (Å²) in [7, 11) is 1.30. The Balaban J connectivity index is 1.42. The normalized spacial score (nSPS) is 10.4. The van der Waals surface area contributed by atoms with E-state index >= 15 is 0 Å². The first-order chi connectivity index (χ1) is 17.8. The van der Waals surface area contributed by atoms with Crippen LogP contribution in [0.5, 0.6) is 17.2 Å². The molecule has 0 unspecified atom stereocenters. The zero-order valence-electron chi connectivity index (χ0n) is 19.9. The number of furan rings is 1. The highest BCUT2D eigenvalue weighted by molar-refractivity contribution is 6.02. The number of nitro benzene ring substituents is 1. The number of ether oxygens (including phenoxy) is 3. The molecule has 10 heteroatoms. The van der Waals surface area contributed by atoms with Gasteiger partial charge in [0.15, 0.2) is 5.76 Å². The van der Waals surface area contributed by atoms with Crippen LogP contribution in [0.3, 0.4) is 0 Å². The number of nitrogens with zero attached hydrogens (tertiary/aromatic N) is 1. The maximum absolute atomic E-state index is 12.7. The lowest BCUT2D eigenvalue weighted by atomic mass is 10.2. The number of carbonyl (C=O) groups is 2. The van der Waals surface area contributed by atoms with Crippen LogP contribution in [0.1, 0.15) is 32.2 Å². The molecule has 4 rings (SSSR count). The van der Waals surface area contributed by atoms with E-state index in [9.17, 15) is 19.7 Å². The summed E-state index contributed by atoms with van der Waals surface area (Å²) in [6.07, 6.45) is 0. The van der Waals surface area contributed by atoms with Gasteiger partial charge in [0.05, 0.1) is 29.4 Å². The second kappa shape index (κ2) is 11.1. The van der Waals surface area contributed by atoms with Crippen LogP contribution >= 0.6 is 0 Å². The number of anilines is 1. The maximum Gasteiger partial charge on any atom is 0.337 e. The Bertz CT molecular complexity index is 1440. The Morgan fingerprint density at radius 2 is 1.73 bits per heavy atom. The molecule has 37 heavy (non-hydrogen) atoms. The number of aryl methyl sites for hydroxylation is 1. The molecular weight excluding hydrogens is 480 g/mol. The van der Waals surface area contributed by atoms with Crippen LogP contribution in [0.25, 0.3) is 0 Å². The van der Waals surface area contributed by atoms with Crippen molar-refractivity contribution in [3.63, 3.8) is 0 Å².